The molecule has 0 spiro atoms. The molecular weight excluding hydrogens is 254 g/mol. The molecule has 0 saturated carbocycles. The topological polar surface area (TPSA) is 90.6 Å². The third-order valence-electron chi connectivity index (χ3n) is 3.23. The summed E-state index contributed by atoms with van der Waals surface area (Å²) in [5.41, 5.74) is 0. The lowest BCUT2D eigenvalue weighted by molar-refractivity contribution is 0.193. The van der Waals surface area contributed by atoms with E-state index in [0.29, 0.717) is 13.0 Å². The molecule has 1 fully saturated rings. The van der Waals surface area contributed by atoms with E-state index in [2.05, 4.69) is 4.99 Å². The highest BCUT2D eigenvalue weighted by atomic mass is 32.2. The number of hydrogen-bond donors (Lipinski definition) is 0. The Balaban J connectivity index is 3.12. The highest BCUT2D eigenvalue weighted by molar-refractivity contribution is 7.90. The van der Waals surface area contributed by atoms with Gasteiger partial charge in [0.1, 0.15) is 6.17 Å². The summed E-state index contributed by atoms with van der Waals surface area (Å²) < 4.78 is 25.8. The lowest BCUT2D eigenvalue weighted by Gasteiger charge is -2.36. The van der Waals surface area contributed by atoms with Crippen LogP contribution >= 0.6 is 0 Å². The van der Waals surface area contributed by atoms with E-state index in [0.717, 1.165) is 6.42 Å². The smallest absolute Gasteiger partial charge is 0.211 e. The Bertz CT molecular complexity index is 476. The molecule has 1 rings (SSSR count). The molecule has 3 unspecified atom stereocenters. The zero-order chi connectivity index (χ0) is 13.8. The van der Waals surface area contributed by atoms with Gasteiger partial charge in [0.05, 0.1) is 6.07 Å². The second-order valence-electron chi connectivity index (χ2n) is 4.44. The van der Waals surface area contributed by atoms with Crippen LogP contribution in [0.15, 0.2) is 4.99 Å². The molecule has 18 heavy (non-hydrogen) atoms. The molecule has 1 aliphatic heterocycles. The van der Waals surface area contributed by atoms with Crippen molar-refractivity contribution in [1.82, 2.24) is 4.31 Å². The fourth-order valence-electron chi connectivity index (χ4n) is 2.19. The van der Waals surface area contributed by atoms with Gasteiger partial charge < -0.3 is 0 Å². The Morgan fingerprint density at radius 1 is 1.56 bits per heavy atom. The van der Waals surface area contributed by atoms with E-state index in [4.69, 9.17) is 5.26 Å². The van der Waals surface area contributed by atoms with Gasteiger partial charge in [0, 0.05) is 6.54 Å². The Morgan fingerprint density at radius 2 is 2.22 bits per heavy atom. The maximum atomic E-state index is 12.3. The minimum absolute atomic E-state index is 0.0360. The van der Waals surface area contributed by atoms with Gasteiger partial charge in [-0.25, -0.2) is 13.2 Å². The Labute approximate surface area is 107 Å². The normalized spacial score (nSPS) is 26.9. The van der Waals surface area contributed by atoms with Gasteiger partial charge >= 0.3 is 0 Å². The first-order valence-corrected chi connectivity index (χ1v) is 7.46. The van der Waals surface area contributed by atoms with Crippen LogP contribution in [0.25, 0.3) is 0 Å². The number of isocyanates is 1. The molecule has 1 aliphatic rings. The molecule has 0 radical (unpaired) electrons. The predicted octanol–water partition coefficient (Wildman–Crippen LogP) is 1.01. The molecule has 3 atom stereocenters. The van der Waals surface area contributed by atoms with Crippen molar-refractivity contribution in [1.29, 1.82) is 5.26 Å². The van der Waals surface area contributed by atoms with Gasteiger partial charge in [-0.05, 0) is 25.2 Å². The SMILES string of the molecule is CCC(C#N)S(=O)(=O)N1CCCC(C)C1N=C=O. The number of carbonyl (C=O) groups excluding carboxylic acids is 1. The fraction of sp³-hybridized carbons (Fsp3) is 0.818. The molecule has 0 aliphatic carbocycles. The maximum Gasteiger partial charge on any atom is 0.236 e. The zero-order valence-electron chi connectivity index (χ0n) is 10.5. The van der Waals surface area contributed by atoms with Crippen LogP contribution in [-0.4, -0.2) is 36.8 Å². The molecule has 6 nitrogen and oxygen atoms in total. The van der Waals surface area contributed by atoms with Crippen LogP contribution in [0.5, 0.6) is 0 Å². The van der Waals surface area contributed by atoms with Gasteiger partial charge in [0.25, 0.3) is 0 Å². The number of nitriles is 1. The number of sulfonamides is 1. The van der Waals surface area contributed by atoms with Crippen molar-refractivity contribution in [3.05, 3.63) is 0 Å². The number of nitrogens with zero attached hydrogens (tertiary/aromatic N) is 3. The predicted molar refractivity (Wildman–Crippen MR) is 65.6 cm³/mol. The van der Waals surface area contributed by atoms with Crippen molar-refractivity contribution in [2.75, 3.05) is 6.54 Å². The number of rotatable bonds is 4. The molecular formula is C11H17N3O3S. The second kappa shape index (κ2) is 6.10. The van der Waals surface area contributed by atoms with Crippen LogP contribution in [0.2, 0.25) is 0 Å². The quantitative estimate of drug-likeness (QED) is 0.563. The molecule has 0 amide bonds. The van der Waals surface area contributed by atoms with Crippen molar-refractivity contribution >= 4 is 16.1 Å². The molecule has 1 saturated heterocycles. The summed E-state index contributed by atoms with van der Waals surface area (Å²) in [6.45, 7) is 3.80. The van der Waals surface area contributed by atoms with Crippen LogP contribution in [0.4, 0.5) is 0 Å². The van der Waals surface area contributed by atoms with Crippen LogP contribution in [0.3, 0.4) is 0 Å². The van der Waals surface area contributed by atoms with Gasteiger partial charge in [-0.15, -0.1) is 0 Å². The summed E-state index contributed by atoms with van der Waals surface area (Å²) in [6.07, 6.45) is 2.46. The van der Waals surface area contributed by atoms with E-state index in [-0.39, 0.29) is 12.3 Å². The monoisotopic (exact) mass is 271 g/mol. The lowest BCUT2D eigenvalue weighted by Crippen LogP contribution is -2.49. The highest BCUT2D eigenvalue weighted by Gasteiger charge is 2.40. The molecule has 100 valence electrons. The van der Waals surface area contributed by atoms with Crippen molar-refractivity contribution in [2.45, 2.75) is 44.5 Å². The third-order valence-corrected chi connectivity index (χ3v) is 5.44. The first-order valence-electron chi connectivity index (χ1n) is 5.96. The number of aliphatic imine (C=N–C) groups is 1. The average Bonchev–Trinajstić information content (AvgIpc) is 2.33. The third kappa shape index (κ3) is 2.78. The average molecular weight is 271 g/mol. The van der Waals surface area contributed by atoms with Crippen LogP contribution in [0, 0.1) is 17.2 Å². The van der Waals surface area contributed by atoms with E-state index in [9.17, 15) is 13.2 Å². The first-order chi connectivity index (χ1) is 8.48. The second-order valence-corrected chi connectivity index (χ2v) is 6.50. The van der Waals surface area contributed by atoms with Gasteiger partial charge in [0.2, 0.25) is 16.1 Å². The molecule has 0 N–H and O–H groups in total. The molecule has 1 heterocycles. The van der Waals surface area contributed by atoms with Gasteiger partial charge in [-0.1, -0.05) is 13.8 Å². The van der Waals surface area contributed by atoms with Crippen molar-refractivity contribution < 1.29 is 13.2 Å². The van der Waals surface area contributed by atoms with Crippen molar-refractivity contribution in [3.63, 3.8) is 0 Å². The Morgan fingerprint density at radius 3 is 2.72 bits per heavy atom. The summed E-state index contributed by atoms with van der Waals surface area (Å²) in [5, 5.41) is 7.83. The minimum atomic E-state index is -3.73. The largest absolute Gasteiger partial charge is 0.236 e. The van der Waals surface area contributed by atoms with Crippen LogP contribution < -0.4 is 0 Å². The summed E-state index contributed by atoms with van der Waals surface area (Å²) in [7, 11) is -3.73. The Kier molecular flexibility index (Phi) is 5.03. The van der Waals surface area contributed by atoms with Crippen LogP contribution in [-0.2, 0) is 14.8 Å². The van der Waals surface area contributed by atoms with E-state index < -0.39 is 21.4 Å². The van der Waals surface area contributed by atoms with E-state index in [1.54, 1.807) is 13.0 Å². The van der Waals surface area contributed by atoms with Crippen molar-refractivity contribution in [2.24, 2.45) is 10.9 Å². The number of hydrogen-bond acceptors (Lipinski definition) is 5. The van der Waals surface area contributed by atoms with Gasteiger partial charge in [0.15, 0.2) is 5.25 Å². The van der Waals surface area contributed by atoms with E-state index in [1.807, 2.05) is 6.92 Å². The maximum absolute atomic E-state index is 12.3. The first kappa shape index (κ1) is 14.8. The highest BCUT2D eigenvalue weighted by Crippen LogP contribution is 2.28. The van der Waals surface area contributed by atoms with Crippen LogP contribution in [0.1, 0.15) is 33.1 Å². The lowest BCUT2D eigenvalue weighted by atomic mass is 9.98. The summed E-state index contributed by atoms with van der Waals surface area (Å²) in [5.74, 6) is -0.0360. The minimum Gasteiger partial charge on any atom is -0.211 e. The van der Waals surface area contributed by atoms with Gasteiger partial charge in [-0.2, -0.15) is 14.6 Å². The molecule has 7 heteroatoms. The summed E-state index contributed by atoms with van der Waals surface area (Å²) >= 11 is 0. The Hall–Kier alpha value is -1.22. The molecule has 0 aromatic carbocycles. The molecule has 0 aromatic heterocycles. The zero-order valence-corrected chi connectivity index (χ0v) is 11.4. The standard InChI is InChI=1S/C11H17N3O3S/c1-3-10(7-12)18(16,17)14-6-4-5-9(2)11(14)13-8-15/h9-11H,3-6H2,1-2H3. The fourth-order valence-corrected chi connectivity index (χ4v) is 4.01. The summed E-state index contributed by atoms with van der Waals surface area (Å²) in [4.78, 5) is 14.0. The van der Waals surface area contributed by atoms with Gasteiger partial charge in [-0.3, -0.25) is 0 Å². The van der Waals surface area contributed by atoms with E-state index >= 15 is 0 Å². The van der Waals surface area contributed by atoms with E-state index in [1.165, 1.54) is 10.4 Å². The molecule has 0 bridgehead atoms. The van der Waals surface area contributed by atoms with Crippen molar-refractivity contribution in [3.8, 4) is 6.07 Å². The summed E-state index contributed by atoms with van der Waals surface area (Å²) in [6, 6.07) is 1.80. The molecule has 0 aromatic rings. The number of piperidine rings is 1.